The molecule has 2 heterocycles. The van der Waals surface area contributed by atoms with Gasteiger partial charge in [0, 0.05) is 30.5 Å². The molecule has 0 N–H and O–H groups in total. The van der Waals surface area contributed by atoms with Crippen molar-refractivity contribution in [1.29, 1.82) is 0 Å². The summed E-state index contributed by atoms with van der Waals surface area (Å²) in [5, 5.41) is 4.21. The molecule has 1 aromatic carbocycles. The largest absolute Gasteiger partial charge is 0.417 e. The second kappa shape index (κ2) is 6.16. The minimum Gasteiger partial charge on any atom is -0.381 e. The number of carbonyl (C=O) groups excluding carboxylic acids is 1. The van der Waals surface area contributed by atoms with Crippen molar-refractivity contribution in [2.24, 2.45) is 0 Å². The number of carbonyl (C=O) groups is 1. The summed E-state index contributed by atoms with van der Waals surface area (Å²) in [5.74, 6) is 0. The molecular weight excluding hydrogens is 309 g/mol. The smallest absolute Gasteiger partial charge is 0.381 e. The van der Waals surface area contributed by atoms with Gasteiger partial charge >= 0.3 is 6.18 Å². The maximum absolute atomic E-state index is 13.3. The van der Waals surface area contributed by atoms with E-state index in [0.717, 1.165) is 18.9 Å². The molecule has 0 amide bonds. The molecule has 7 heteroatoms. The number of aromatic nitrogens is 2. The number of nitrogens with zero attached hydrogens (tertiary/aromatic N) is 2. The van der Waals surface area contributed by atoms with E-state index in [-0.39, 0.29) is 17.2 Å². The number of hydrogen-bond donors (Lipinski definition) is 0. The lowest BCUT2D eigenvalue weighted by molar-refractivity contribution is -0.137. The molecule has 0 saturated carbocycles. The second-order valence-corrected chi connectivity index (χ2v) is 5.47. The summed E-state index contributed by atoms with van der Waals surface area (Å²) >= 11 is 0. The van der Waals surface area contributed by atoms with Crippen LogP contribution in [-0.2, 0) is 10.9 Å². The zero-order valence-electron chi connectivity index (χ0n) is 12.2. The highest BCUT2D eigenvalue weighted by Crippen LogP contribution is 2.37. The number of halogens is 3. The Hall–Kier alpha value is -2.15. The predicted molar refractivity (Wildman–Crippen MR) is 77.1 cm³/mol. The Morgan fingerprint density at radius 1 is 1.26 bits per heavy atom. The summed E-state index contributed by atoms with van der Waals surface area (Å²) in [4.78, 5) is 10.7. The Morgan fingerprint density at radius 3 is 2.65 bits per heavy atom. The van der Waals surface area contributed by atoms with Crippen LogP contribution in [0.5, 0.6) is 0 Å². The van der Waals surface area contributed by atoms with Gasteiger partial charge in [-0.05, 0) is 24.5 Å². The van der Waals surface area contributed by atoms with E-state index in [2.05, 4.69) is 5.10 Å². The molecule has 122 valence electrons. The maximum atomic E-state index is 13.3. The van der Waals surface area contributed by atoms with Crippen LogP contribution < -0.4 is 0 Å². The van der Waals surface area contributed by atoms with Gasteiger partial charge in [0.25, 0.3) is 0 Å². The fourth-order valence-corrected chi connectivity index (χ4v) is 2.75. The van der Waals surface area contributed by atoms with Crippen molar-refractivity contribution in [2.45, 2.75) is 25.1 Å². The molecule has 4 nitrogen and oxygen atoms in total. The lowest BCUT2D eigenvalue weighted by Gasteiger charge is -2.22. The SMILES string of the molecule is O=Cc1ccc(-c2cnn(C3CCOCC3)c2)c(C(F)(F)F)c1. The van der Waals surface area contributed by atoms with Crippen LogP contribution in [0.15, 0.2) is 30.6 Å². The van der Waals surface area contributed by atoms with Crippen molar-refractivity contribution in [2.75, 3.05) is 13.2 Å². The molecular formula is C16H15F3N2O2. The van der Waals surface area contributed by atoms with Gasteiger partial charge in [-0.15, -0.1) is 0 Å². The highest BCUT2D eigenvalue weighted by Gasteiger charge is 2.34. The van der Waals surface area contributed by atoms with Crippen LogP contribution in [0.3, 0.4) is 0 Å². The first-order chi connectivity index (χ1) is 11.0. The molecule has 1 fully saturated rings. The number of rotatable bonds is 3. The highest BCUT2D eigenvalue weighted by atomic mass is 19.4. The van der Waals surface area contributed by atoms with Crippen LogP contribution in [0.2, 0.25) is 0 Å². The van der Waals surface area contributed by atoms with Gasteiger partial charge in [-0.1, -0.05) is 12.1 Å². The molecule has 0 radical (unpaired) electrons. The van der Waals surface area contributed by atoms with E-state index in [9.17, 15) is 18.0 Å². The number of ether oxygens (including phenoxy) is 1. The Balaban J connectivity index is 1.98. The van der Waals surface area contributed by atoms with Gasteiger partial charge < -0.3 is 4.74 Å². The lowest BCUT2D eigenvalue weighted by Crippen LogP contribution is -2.19. The highest BCUT2D eigenvalue weighted by molar-refractivity contribution is 5.78. The molecule has 0 unspecified atom stereocenters. The topological polar surface area (TPSA) is 44.1 Å². The summed E-state index contributed by atoms with van der Waals surface area (Å²) in [6, 6.07) is 3.70. The molecule has 1 aliphatic heterocycles. The first-order valence-electron chi connectivity index (χ1n) is 7.28. The van der Waals surface area contributed by atoms with Gasteiger partial charge in [0.05, 0.1) is 17.8 Å². The number of hydrogen-bond acceptors (Lipinski definition) is 3. The van der Waals surface area contributed by atoms with Crippen LogP contribution in [-0.4, -0.2) is 29.3 Å². The molecule has 3 rings (SSSR count). The van der Waals surface area contributed by atoms with Crippen LogP contribution in [0.1, 0.15) is 34.8 Å². The summed E-state index contributed by atoms with van der Waals surface area (Å²) < 4.78 is 46.7. The third-order valence-corrected chi connectivity index (χ3v) is 3.96. The fourth-order valence-electron chi connectivity index (χ4n) is 2.75. The minimum atomic E-state index is -4.53. The number of alkyl halides is 3. The summed E-state index contributed by atoms with van der Waals surface area (Å²) in [6.07, 6.45) is 0.510. The van der Waals surface area contributed by atoms with Crippen molar-refractivity contribution >= 4 is 6.29 Å². The molecule has 1 aliphatic rings. The van der Waals surface area contributed by atoms with E-state index in [1.165, 1.54) is 18.3 Å². The van der Waals surface area contributed by atoms with Gasteiger partial charge in [0.1, 0.15) is 6.29 Å². The normalized spacial score (nSPS) is 16.5. The van der Waals surface area contributed by atoms with Gasteiger partial charge in [0.15, 0.2) is 0 Å². The van der Waals surface area contributed by atoms with Crippen LogP contribution in [0, 0.1) is 0 Å². The molecule has 0 aliphatic carbocycles. The Kier molecular flexibility index (Phi) is 4.21. The van der Waals surface area contributed by atoms with E-state index in [1.807, 2.05) is 0 Å². The average Bonchev–Trinajstić information content (AvgIpc) is 3.04. The van der Waals surface area contributed by atoms with E-state index in [0.29, 0.717) is 25.1 Å². The molecule has 1 aromatic heterocycles. The van der Waals surface area contributed by atoms with Crippen molar-refractivity contribution in [3.63, 3.8) is 0 Å². The summed E-state index contributed by atoms with van der Waals surface area (Å²) in [5.41, 5.74) is -0.408. The Bertz CT molecular complexity index is 704. The standard InChI is InChI=1S/C16H15F3N2O2/c17-16(18,19)15-7-11(10-22)1-2-14(15)12-8-20-21(9-12)13-3-5-23-6-4-13/h1-2,7-10,13H,3-6H2. The molecule has 0 spiro atoms. The number of aldehydes is 1. The zero-order chi connectivity index (χ0) is 16.4. The Morgan fingerprint density at radius 2 is 2.00 bits per heavy atom. The third kappa shape index (κ3) is 3.29. The van der Waals surface area contributed by atoms with Gasteiger partial charge in [-0.25, -0.2) is 0 Å². The van der Waals surface area contributed by atoms with Crippen LogP contribution in [0.4, 0.5) is 13.2 Å². The molecule has 2 aromatic rings. The second-order valence-electron chi connectivity index (χ2n) is 5.47. The molecule has 0 atom stereocenters. The molecule has 23 heavy (non-hydrogen) atoms. The number of benzene rings is 1. The van der Waals surface area contributed by atoms with E-state index < -0.39 is 11.7 Å². The van der Waals surface area contributed by atoms with Crippen molar-refractivity contribution in [1.82, 2.24) is 9.78 Å². The minimum absolute atomic E-state index is 0.00195. The van der Waals surface area contributed by atoms with E-state index >= 15 is 0 Å². The first-order valence-corrected chi connectivity index (χ1v) is 7.28. The maximum Gasteiger partial charge on any atom is 0.417 e. The van der Waals surface area contributed by atoms with Crippen LogP contribution >= 0.6 is 0 Å². The molecule has 1 saturated heterocycles. The summed E-state index contributed by atoms with van der Waals surface area (Å²) in [7, 11) is 0. The quantitative estimate of drug-likeness (QED) is 0.808. The molecule has 0 bridgehead atoms. The zero-order valence-corrected chi connectivity index (χ0v) is 12.2. The van der Waals surface area contributed by atoms with E-state index in [4.69, 9.17) is 4.74 Å². The average molecular weight is 324 g/mol. The van der Waals surface area contributed by atoms with Gasteiger partial charge in [0.2, 0.25) is 0 Å². The van der Waals surface area contributed by atoms with Crippen molar-refractivity contribution in [3.05, 3.63) is 41.7 Å². The first kappa shape index (κ1) is 15.7. The van der Waals surface area contributed by atoms with Crippen molar-refractivity contribution in [3.8, 4) is 11.1 Å². The third-order valence-electron chi connectivity index (χ3n) is 3.96. The lowest BCUT2D eigenvalue weighted by atomic mass is 9.99. The summed E-state index contributed by atoms with van der Waals surface area (Å²) in [6.45, 7) is 1.25. The Labute approximate surface area is 130 Å². The van der Waals surface area contributed by atoms with E-state index in [1.54, 1.807) is 10.9 Å². The fraction of sp³-hybridized carbons (Fsp3) is 0.375. The monoisotopic (exact) mass is 324 g/mol. The van der Waals surface area contributed by atoms with Crippen molar-refractivity contribution < 1.29 is 22.7 Å². The van der Waals surface area contributed by atoms with Gasteiger partial charge in [-0.2, -0.15) is 18.3 Å². The van der Waals surface area contributed by atoms with Gasteiger partial charge in [-0.3, -0.25) is 9.48 Å². The van der Waals surface area contributed by atoms with Crippen LogP contribution in [0.25, 0.3) is 11.1 Å². The predicted octanol–water partition coefficient (Wildman–Crippen LogP) is 3.73.